The van der Waals surface area contributed by atoms with Crippen LogP contribution in [0.1, 0.15) is 0 Å². The van der Waals surface area contributed by atoms with Gasteiger partial charge in [-0.15, -0.1) is 0 Å². The van der Waals surface area contributed by atoms with Crippen LogP contribution in [0.25, 0.3) is 0 Å². The molecule has 0 atom stereocenters. The van der Waals surface area contributed by atoms with E-state index in [1.807, 2.05) is 0 Å². The van der Waals surface area contributed by atoms with Crippen molar-refractivity contribution in [3.8, 4) is 0 Å². The third-order valence-corrected chi connectivity index (χ3v) is 0. The molecule has 0 heterocycles. The molecule has 0 saturated carbocycles. The Morgan fingerprint density at radius 3 is 1.33 bits per heavy atom. The fraction of sp³-hybridized carbons (Fsp3) is 0. The molecule has 6 heavy (non-hydrogen) atoms. The third-order valence-electron chi connectivity index (χ3n) is 0. The van der Waals surface area contributed by atoms with Crippen LogP contribution in [0.15, 0.2) is 0 Å². The van der Waals surface area contributed by atoms with Gasteiger partial charge in [-0.3, -0.25) is 4.79 Å². The van der Waals surface area contributed by atoms with Crippen LogP contribution in [0, 0.1) is 0 Å². The summed E-state index contributed by atoms with van der Waals surface area (Å²) in [7, 11) is 0. The van der Waals surface area contributed by atoms with Crippen molar-refractivity contribution in [1.82, 2.24) is 0 Å². The van der Waals surface area contributed by atoms with Gasteiger partial charge in [0.2, 0.25) is 0 Å². The van der Waals surface area contributed by atoms with Gasteiger partial charge in [0, 0.05) is 17.1 Å². The maximum Gasteiger partial charge on any atom is 0.290 e. The van der Waals surface area contributed by atoms with Crippen molar-refractivity contribution in [3.63, 3.8) is 0 Å². The molecule has 45 valence electrons. The molecule has 0 aromatic heterocycles. The van der Waals surface area contributed by atoms with Crippen molar-refractivity contribution in [1.29, 1.82) is 0 Å². The van der Waals surface area contributed by atoms with E-state index in [4.69, 9.17) is 9.90 Å². The first kappa shape index (κ1) is 39.1. The van der Waals surface area contributed by atoms with Crippen molar-refractivity contribution in [3.05, 3.63) is 0 Å². The first-order valence-corrected chi connectivity index (χ1v) is 0.494. The Labute approximate surface area is 45.3 Å². The fourth-order valence-electron chi connectivity index (χ4n) is 0. The molecule has 0 aliphatic carbocycles. The molecule has 0 bridgehead atoms. The molecular formula is CH6CuO4. The van der Waals surface area contributed by atoms with E-state index in [9.17, 15) is 0 Å². The molecular weight excluding hydrogens is 140 g/mol. The van der Waals surface area contributed by atoms with E-state index in [-0.39, 0.29) is 34.5 Å². The van der Waals surface area contributed by atoms with E-state index < -0.39 is 0 Å². The first-order valence-electron chi connectivity index (χ1n) is 0.494. The Morgan fingerprint density at radius 1 is 1.33 bits per heavy atom. The largest absolute Gasteiger partial charge is 0.483 e. The van der Waals surface area contributed by atoms with Gasteiger partial charge < -0.3 is 16.1 Å². The van der Waals surface area contributed by atoms with Crippen molar-refractivity contribution < 1.29 is 37.9 Å². The second kappa shape index (κ2) is 90.7. The molecule has 0 aliphatic rings. The number of carboxylic acid groups (broad SMARTS) is 1. The summed E-state index contributed by atoms with van der Waals surface area (Å²) < 4.78 is 0. The topological polar surface area (TPSA) is 100 Å². The summed E-state index contributed by atoms with van der Waals surface area (Å²) in [5.74, 6) is 0. The molecule has 0 unspecified atom stereocenters. The van der Waals surface area contributed by atoms with Crippen LogP contribution in [0.4, 0.5) is 0 Å². The smallest absolute Gasteiger partial charge is 0.290 e. The van der Waals surface area contributed by atoms with Gasteiger partial charge in [0.25, 0.3) is 6.47 Å². The van der Waals surface area contributed by atoms with E-state index in [2.05, 4.69) is 0 Å². The molecule has 5 N–H and O–H groups in total. The summed E-state index contributed by atoms with van der Waals surface area (Å²) in [6.07, 6.45) is 0. The molecule has 0 rings (SSSR count). The Hall–Kier alpha value is -0.0905. The van der Waals surface area contributed by atoms with Crippen LogP contribution in [0.5, 0.6) is 0 Å². The minimum Gasteiger partial charge on any atom is -0.483 e. The van der Waals surface area contributed by atoms with Crippen LogP contribution in [-0.2, 0) is 21.9 Å². The van der Waals surface area contributed by atoms with E-state index in [0.29, 0.717) is 0 Å². The second-order valence-electron chi connectivity index (χ2n) is 0.105. The van der Waals surface area contributed by atoms with Crippen LogP contribution in [0.2, 0.25) is 0 Å². The van der Waals surface area contributed by atoms with Crippen molar-refractivity contribution in [2.45, 2.75) is 0 Å². The van der Waals surface area contributed by atoms with Crippen LogP contribution in [0.3, 0.4) is 0 Å². The molecule has 0 fully saturated rings. The minimum absolute atomic E-state index is 0. The van der Waals surface area contributed by atoms with Gasteiger partial charge in [0.1, 0.15) is 0 Å². The Kier molecular flexibility index (Phi) is 591. The summed E-state index contributed by atoms with van der Waals surface area (Å²) in [4.78, 5) is 8.36. The number of hydrogen-bond acceptors (Lipinski definition) is 1. The summed E-state index contributed by atoms with van der Waals surface area (Å²) in [5.41, 5.74) is 0. The van der Waals surface area contributed by atoms with Crippen LogP contribution >= 0.6 is 0 Å². The molecule has 1 radical (unpaired) electrons. The van der Waals surface area contributed by atoms with Gasteiger partial charge in [-0.05, 0) is 0 Å². The van der Waals surface area contributed by atoms with E-state index in [1.165, 1.54) is 0 Å². The third kappa shape index (κ3) is 4040. The molecule has 5 heteroatoms. The average Bonchev–Trinajstić information content (AvgIpc) is 0.918. The predicted octanol–water partition coefficient (Wildman–Crippen LogP) is -1.95. The molecule has 4 nitrogen and oxygen atoms in total. The van der Waals surface area contributed by atoms with Crippen molar-refractivity contribution in [2.75, 3.05) is 0 Å². The van der Waals surface area contributed by atoms with E-state index in [1.54, 1.807) is 0 Å². The van der Waals surface area contributed by atoms with Gasteiger partial charge in [0.15, 0.2) is 0 Å². The summed E-state index contributed by atoms with van der Waals surface area (Å²) in [6.45, 7) is -0.250. The summed E-state index contributed by atoms with van der Waals surface area (Å²) in [5, 5.41) is 6.89. The van der Waals surface area contributed by atoms with Gasteiger partial charge in [-0.1, -0.05) is 0 Å². The monoisotopic (exact) mass is 145 g/mol. The zero-order valence-electron chi connectivity index (χ0n) is 2.73. The Bertz CT molecular complexity index is 15.0. The van der Waals surface area contributed by atoms with Gasteiger partial charge in [-0.2, -0.15) is 0 Å². The quantitative estimate of drug-likeness (QED) is 0.316. The van der Waals surface area contributed by atoms with Gasteiger partial charge in [-0.25, -0.2) is 0 Å². The molecule has 0 spiro atoms. The normalized spacial score (nSPS) is 2.00. The standard InChI is InChI=1S/CH2O2.Cu.2H2O/c2-1-3;;;/h1H,(H,2,3);;2*1H2. The predicted molar refractivity (Wildman–Crippen MR) is 15.9 cm³/mol. The number of carbonyl (C=O) groups is 1. The minimum atomic E-state index is -0.250. The molecule has 0 amide bonds. The number of rotatable bonds is 0. The SMILES string of the molecule is O.O.O=CO.[Cu]. The summed E-state index contributed by atoms with van der Waals surface area (Å²) >= 11 is 0. The number of hydrogen-bond donors (Lipinski definition) is 1. The van der Waals surface area contributed by atoms with E-state index >= 15 is 0 Å². The molecule has 0 saturated heterocycles. The average molecular weight is 146 g/mol. The van der Waals surface area contributed by atoms with Crippen LogP contribution < -0.4 is 0 Å². The Morgan fingerprint density at radius 2 is 1.33 bits per heavy atom. The molecule has 0 aromatic carbocycles. The maximum absolute atomic E-state index is 8.36. The van der Waals surface area contributed by atoms with Crippen molar-refractivity contribution in [2.24, 2.45) is 0 Å². The first-order chi connectivity index (χ1) is 1.41. The second-order valence-corrected chi connectivity index (χ2v) is 0.105. The van der Waals surface area contributed by atoms with Crippen molar-refractivity contribution >= 4 is 6.47 Å². The van der Waals surface area contributed by atoms with Gasteiger partial charge in [0.05, 0.1) is 0 Å². The van der Waals surface area contributed by atoms with Crippen LogP contribution in [-0.4, -0.2) is 22.5 Å². The zero-order chi connectivity index (χ0) is 2.71. The zero-order valence-corrected chi connectivity index (χ0v) is 3.68. The van der Waals surface area contributed by atoms with Gasteiger partial charge >= 0.3 is 0 Å². The summed E-state index contributed by atoms with van der Waals surface area (Å²) in [6, 6.07) is 0. The van der Waals surface area contributed by atoms with E-state index in [0.717, 1.165) is 0 Å². The molecule has 0 aromatic rings. The fourth-order valence-corrected chi connectivity index (χ4v) is 0. The molecule has 0 aliphatic heterocycles. The maximum atomic E-state index is 8.36. The Balaban J connectivity index is -0.00000000667.